The second kappa shape index (κ2) is 8.08. The van der Waals surface area contributed by atoms with Crippen LogP contribution in [0, 0.1) is 17.3 Å². The molecular weight excluding hydrogens is 402 g/mol. The lowest BCUT2D eigenvalue weighted by atomic mass is 9.91. The Morgan fingerprint density at radius 3 is 2.53 bits per heavy atom. The lowest BCUT2D eigenvalue weighted by Gasteiger charge is -2.30. The van der Waals surface area contributed by atoms with Crippen molar-refractivity contribution < 1.29 is 4.79 Å². The summed E-state index contributed by atoms with van der Waals surface area (Å²) < 4.78 is 0. The molecular formula is C24H25N7O. The van der Waals surface area contributed by atoms with Gasteiger partial charge in [-0.3, -0.25) is 4.79 Å². The summed E-state index contributed by atoms with van der Waals surface area (Å²) in [5.41, 5.74) is 4.39. The van der Waals surface area contributed by atoms with Crippen molar-refractivity contribution in [3.05, 3.63) is 64.7 Å². The Kier molecular flexibility index (Phi) is 5.10. The van der Waals surface area contributed by atoms with Crippen molar-refractivity contribution in [2.45, 2.75) is 45.7 Å². The van der Waals surface area contributed by atoms with Gasteiger partial charge < -0.3 is 10.2 Å². The molecule has 0 spiro atoms. The van der Waals surface area contributed by atoms with Crippen LogP contribution in [-0.2, 0) is 30.6 Å². The van der Waals surface area contributed by atoms with E-state index in [0.717, 1.165) is 24.2 Å². The molecule has 8 nitrogen and oxygen atoms in total. The monoisotopic (exact) mass is 427 g/mol. The highest BCUT2D eigenvalue weighted by molar-refractivity contribution is 5.85. The molecule has 0 atom stereocenters. The zero-order valence-corrected chi connectivity index (χ0v) is 18.2. The van der Waals surface area contributed by atoms with Crippen molar-refractivity contribution in [3.63, 3.8) is 0 Å². The van der Waals surface area contributed by atoms with Crippen molar-refractivity contribution in [1.82, 2.24) is 30.3 Å². The number of aromatic amines is 1. The second-order valence-corrected chi connectivity index (χ2v) is 8.88. The Morgan fingerprint density at radius 2 is 1.81 bits per heavy atom. The van der Waals surface area contributed by atoms with Gasteiger partial charge in [-0.25, -0.2) is 9.97 Å². The smallest absolute Gasteiger partial charge is 0.240 e. The lowest BCUT2D eigenvalue weighted by molar-refractivity contribution is -0.138. The first-order valence-corrected chi connectivity index (χ1v) is 10.8. The molecule has 32 heavy (non-hydrogen) atoms. The van der Waals surface area contributed by atoms with E-state index in [1.807, 2.05) is 13.8 Å². The van der Waals surface area contributed by atoms with E-state index >= 15 is 0 Å². The Morgan fingerprint density at radius 1 is 1.12 bits per heavy atom. The zero-order chi connectivity index (χ0) is 22.1. The quantitative estimate of drug-likeness (QED) is 0.622. The third-order valence-corrected chi connectivity index (χ3v) is 6.04. The van der Waals surface area contributed by atoms with E-state index in [0.29, 0.717) is 37.1 Å². The Hall–Kier alpha value is -3.73. The van der Waals surface area contributed by atoms with E-state index in [-0.39, 0.29) is 5.91 Å². The van der Waals surface area contributed by atoms with Gasteiger partial charge in [0.1, 0.15) is 11.1 Å². The van der Waals surface area contributed by atoms with Crippen molar-refractivity contribution >= 4 is 11.9 Å². The van der Waals surface area contributed by atoms with Crippen LogP contribution in [0.4, 0.5) is 5.95 Å². The Balaban J connectivity index is 1.21. The van der Waals surface area contributed by atoms with Crippen LogP contribution in [0.1, 0.15) is 41.9 Å². The third kappa shape index (κ3) is 4.06. The molecule has 1 amide bonds. The molecule has 0 unspecified atom stereocenters. The number of H-pyrrole nitrogens is 1. The number of hydrogen-bond donors (Lipinski definition) is 2. The number of anilines is 1. The standard InChI is InChI=1S/C24H25N7O/c1-24(2,22(32)31-10-8-20-21(15-31)29-30-28-20)9-7-16-13-25-23(26-14-16)27-19-11-17-5-3-4-6-18(17)12-19/h3-6,13-14,19H,8,10-12,15H2,1-2H3,(H,25,26,27)(H,28,29,30). The number of benzene rings is 1. The maximum atomic E-state index is 13.0. The Labute approximate surface area is 186 Å². The van der Waals surface area contributed by atoms with E-state index in [4.69, 9.17) is 0 Å². The van der Waals surface area contributed by atoms with Gasteiger partial charge in [-0.05, 0) is 37.8 Å². The van der Waals surface area contributed by atoms with E-state index in [1.54, 1.807) is 17.3 Å². The third-order valence-electron chi connectivity index (χ3n) is 6.04. The van der Waals surface area contributed by atoms with E-state index in [2.05, 4.69) is 66.8 Å². The molecule has 5 rings (SSSR count). The fourth-order valence-electron chi connectivity index (χ4n) is 4.26. The van der Waals surface area contributed by atoms with E-state index in [1.165, 1.54) is 11.1 Å². The minimum atomic E-state index is -0.826. The van der Waals surface area contributed by atoms with Crippen LogP contribution in [0.2, 0.25) is 0 Å². The van der Waals surface area contributed by atoms with Crippen LogP contribution in [0.5, 0.6) is 0 Å². The molecule has 0 saturated heterocycles. The molecule has 1 aliphatic heterocycles. The first-order valence-electron chi connectivity index (χ1n) is 10.8. The van der Waals surface area contributed by atoms with Gasteiger partial charge in [0, 0.05) is 31.4 Å². The highest BCUT2D eigenvalue weighted by atomic mass is 16.2. The SMILES string of the molecule is CC(C)(C#Cc1cnc(NC2Cc3ccccc3C2)nc1)C(=O)N1CCc2n[nH]nc2C1. The molecule has 0 saturated carbocycles. The number of amides is 1. The van der Waals surface area contributed by atoms with E-state index in [9.17, 15) is 4.79 Å². The number of aromatic nitrogens is 5. The summed E-state index contributed by atoms with van der Waals surface area (Å²) in [6.45, 7) is 4.77. The minimum absolute atomic E-state index is 0.0151. The molecule has 162 valence electrons. The van der Waals surface area contributed by atoms with Crippen LogP contribution in [0.25, 0.3) is 0 Å². The largest absolute Gasteiger partial charge is 0.351 e. The number of fused-ring (bicyclic) bond motifs is 2. The molecule has 0 radical (unpaired) electrons. The number of nitrogens with one attached hydrogen (secondary N) is 2. The number of rotatable bonds is 3. The molecule has 2 N–H and O–H groups in total. The summed E-state index contributed by atoms with van der Waals surface area (Å²) in [7, 11) is 0. The molecule has 2 aliphatic rings. The molecule has 3 heterocycles. The molecule has 0 bridgehead atoms. The van der Waals surface area contributed by atoms with Crippen LogP contribution in [0.15, 0.2) is 36.7 Å². The normalized spacial score (nSPS) is 15.5. The molecule has 1 aliphatic carbocycles. The van der Waals surface area contributed by atoms with Crippen LogP contribution < -0.4 is 5.32 Å². The Bertz CT molecular complexity index is 1180. The average molecular weight is 428 g/mol. The highest BCUT2D eigenvalue weighted by Crippen LogP contribution is 2.24. The van der Waals surface area contributed by atoms with Gasteiger partial charge in [0.25, 0.3) is 0 Å². The number of carbonyl (C=O) groups excluding carboxylic acids is 1. The lowest BCUT2D eigenvalue weighted by Crippen LogP contribution is -2.43. The topological polar surface area (TPSA) is 99.7 Å². The number of hydrogen-bond acceptors (Lipinski definition) is 6. The molecule has 8 heteroatoms. The maximum absolute atomic E-state index is 13.0. The summed E-state index contributed by atoms with van der Waals surface area (Å²) in [5.74, 6) is 6.76. The number of nitrogens with zero attached hydrogens (tertiary/aromatic N) is 5. The maximum Gasteiger partial charge on any atom is 0.240 e. The van der Waals surface area contributed by atoms with Crippen LogP contribution in [0.3, 0.4) is 0 Å². The van der Waals surface area contributed by atoms with Crippen molar-refractivity contribution in [1.29, 1.82) is 0 Å². The highest BCUT2D eigenvalue weighted by Gasteiger charge is 2.33. The van der Waals surface area contributed by atoms with Crippen molar-refractivity contribution in [2.75, 3.05) is 11.9 Å². The summed E-state index contributed by atoms with van der Waals surface area (Å²) in [6.07, 6.45) is 6.06. The first kappa shape index (κ1) is 20.2. The summed E-state index contributed by atoms with van der Waals surface area (Å²) >= 11 is 0. The van der Waals surface area contributed by atoms with Gasteiger partial charge >= 0.3 is 0 Å². The van der Waals surface area contributed by atoms with Gasteiger partial charge in [0.15, 0.2) is 0 Å². The summed E-state index contributed by atoms with van der Waals surface area (Å²) in [4.78, 5) is 23.7. The summed E-state index contributed by atoms with van der Waals surface area (Å²) in [5, 5.41) is 14.3. The van der Waals surface area contributed by atoms with Gasteiger partial charge in [-0.1, -0.05) is 36.1 Å². The fraction of sp³-hybridized carbons (Fsp3) is 0.375. The van der Waals surface area contributed by atoms with E-state index < -0.39 is 5.41 Å². The van der Waals surface area contributed by atoms with Crippen molar-refractivity contribution in [2.24, 2.45) is 5.41 Å². The van der Waals surface area contributed by atoms with Crippen LogP contribution >= 0.6 is 0 Å². The van der Waals surface area contributed by atoms with Crippen molar-refractivity contribution in [3.8, 4) is 11.8 Å². The zero-order valence-electron chi connectivity index (χ0n) is 18.2. The molecule has 2 aromatic heterocycles. The first-order chi connectivity index (χ1) is 15.5. The summed E-state index contributed by atoms with van der Waals surface area (Å²) in [6, 6.07) is 8.81. The predicted molar refractivity (Wildman–Crippen MR) is 119 cm³/mol. The average Bonchev–Trinajstić information content (AvgIpc) is 3.43. The minimum Gasteiger partial charge on any atom is -0.351 e. The molecule has 1 aromatic carbocycles. The molecule has 0 fully saturated rings. The van der Waals surface area contributed by atoms with Gasteiger partial charge in [-0.15, -0.1) is 0 Å². The van der Waals surface area contributed by atoms with Gasteiger partial charge in [0.2, 0.25) is 11.9 Å². The predicted octanol–water partition coefficient (Wildman–Crippen LogP) is 2.14. The van der Waals surface area contributed by atoms with Crippen LogP contribution in [-0.4, -0.2) is 48.8 Å². The van der Waals surface area contributed by atoms with Gasteiger partial charge in [0.05, 0.1) is 17.8 Å². The fourth-order valence-corrected chi connectivity index (χ4v) is 4.26. The number of carbonyl (C=O) groups is 1. The second-order valence-electron chi connectivity index (χ2n) is 8.88. The van der Waals surface area contributed by atoms with Gasteiger partial charge in [-0.2, -0.15) is 15.4 Å². The molecule has 3 aromatic rings.